The summed E-state index contributed by atoms with van der Waals surface area (Å²) in [6, 6.07) is 9.66. The molecule has 3 heteroatoms. The van der Waals surface area contributed by atoms with Gasteiger partial charge in [-0.15, -0.1) is 0 Å². The summed E-state index contributed by atoms with van der Waals surface area (Å²) in [5, 5.41) is 3.08. The molecule has 0 aliphatic carbocycles. The maximum absolute atomic E-state index is 11.4. The lowest BCUT2D eigenvalue weighted by Crippen LogP contribution is -2.39. The molecule has 0 aliphatic heterocycles. The van der Waals surface area contributed by atoms with Gasteiger partial charge in [-0.2, -0.15) is 0 Å². The van der Waals surface area contributed by atoms with Crippen LogP contribution in [-0.2, 0) is 16.1 Å². The molecule has 1 rings (SSSR count). The number of esters is 1. The van der Waals surface area contributed by atoms with Gasteiger partial charge in [0.25, 0.3) is 0 Å². The number of carbonyl (C=O) groups is 1. The first-order chi connectivity index (χ1) is 7.47. The van der Waals surface area contributed by atoms with Gasteiger partial charge in [0.05, 0.1) is 6.54 Å². The van der Waals surface area contributed by atoms with Crippen molar-refractivity contribution in [2.45, 2.75) is 32.9 Å². The molecule has 3 nitrogen and oxygen atoms in total. The zero-order valence-electron chi connectivity index (χ0n) is 10.1. The van der Waals surface area contributed by atoms with Crippen molar-refractivity contribution in [3.8, 4) is 0 Å². The summed E-state index contributed by atoms with van der Waals surface area (Å²) in [6.45, 7) is 6.62. The van der Waals surface area contributed by atoms with E-state index < -0.39 is 0 Å². The third-order valence-corrected chi connectivity index (χ3v) is 2.01. The minimum Gasteiger partial charge on any atom is -0.460 e. The van der Waals surface area contributed by atoms with E-state index in [2.05, 4.69) is 5.32 Å². The average Bonchev–Trinajstić information content (AvgIpc) is 2.24. The quantitative estimate of drug-likeness (QED) is 0.791. The van der Waals surface area contributed by atoms with E-state index in [0.29, 0.717) is 6.61 Å². The molecule has 0 saturated heterocycles. The van der Waals surface area contributed by atoms with E-state index in [9.17, 15) is 4.79 Å². The van der Waals surface area contributed by atoms with E-state index in [4.69, 9.17) is 4.74 Å². The second kappa shape index (κ2) is 5.66. The van der Waals surface area contributed by atoms with Gasteiger partial charge in [0.15, 0.2) is 0 Å². The molecule has 0 radical (unpaired) electrons. The Balaban J connectivity index is 2.26. The fourth-order valence-corrected chi connectivity index (χ4v) is 1.13. The second-order valence-corrected chi connectivity index (χ2v) is 4.75. The predicted octanol–water partition coefficient (Wildman–Crippen LogP) is 2.12. The Morgan fingerprint density at radius 3 is 2.44 bits per heavy atom. The van der Waals surface area contributed by atoms with Crippen LogP contribution in [0.1, 0.15) is 26.3 Å². The van der Waals surface area contributed by atoms with E-state index >= 15 is 0 Å². The Morgan fingerprint density at radius 2 is 1.88 bits per heavy atom. The molecule has 0 unspecified atom stereocenters. The number of rotatable bonds is 4. The Morgan fingerprint density at radius 1 is 1.25 bits per heavy atom. The largest absolute Gasteiger partial charge is 0.460 e. The molecule has 1 aromatic rings. The average molecular weight is 221 g/mol. The maximum atomic E-state index is 11.4. The van der Waals surface area contributed by atoms with Crippen LogP contribution in [-0.4, -0.2) is 18.1 Å². The standard InChI is InChI=1S/C13H19NO2/c1-13(2,3)14-9-12(15)16-10-11-7-5-4-6-8-11/h4-8,14H,9-10H2,1-3H3. The number of hydrogen-bond donors (Lipinski definition) is 1. The van der Waals surface area contributed by atoms with Gasteiger partial charge in [-0.1, -0.05) is 30.3 Å². The molecule has 0 aromatic heterocycles. The molecule has 88 valence electrons. The molecule has 0 heterocycles. The first kappa shape index (κ1) is 12.7. The summed E-state index contributed by atoms with van der Waals surface area (Å²) in [7, 11) is 0. The zero-order chi connectivity index (χ0) is 12.0. The lowest BCUT2D eigenvalue weighted by atomic mass is 10.1. The summed E-state index contributed by atoms with van der Waals surface area (Å²) in [4.78, 5) is 11.4. The van der Waals surface area contributed by atoms with Crippen LogP contribution in [0.3, 0.4) is 0 Å². The van der Waals surface area contributed by atoms with Crippen molar-refractivity contribution in [2.75, 3.05) is 6.54 Å². The van der Waals surface area contributed by atoms with Crippen molar-refractivity contribution >= 4 is 5.97 Å². The van der Waals surface area contributed by atoms with Crippen LogP contribution in [0, 0.1) is 0 Å². The van der Waals surface area contributed by atoms with Crippen molar-refractivity contribution in [2.24, 2.45) is 0 Å². The highest BCUT2D eigenvalue weighted by atomic mass is 16.5. The van der Waals surface area contributed by atoms with E-state index in [1.165, 1.54) is 0 Å². The lowest BCUT2D eigenvalue weighted by molar-refractivity contribution is -0.144. The van der Waals surface area contributed by atoms with E-state index in [1.807, 2.05) is 51.1 Å². The van der Waals surface area contributed by atoms with Crippen LogP contribution in [0.25, 0.3) is 0 Å². The van der Waals surface area contributed by atoms with Gasteiger partial charge < -0.3 is 10.1 Å². The zero-order valence-corrected chi connectivity index (χ0v) is 10.1. The molecule has 16 heavy (non-hydrogen) atoms. The molecular formula is C13H19NO2. The van der Waals surface area contributed by atoms with E-state index in [0.717, 1.165) is 5.56 Å². The SMILES string of the molecule is CC(C)(C)NCC(=O)OCc1ccccc1. The topological polar surface area (TPSA) is 38.3 Å². The van der Waals surface area contributed by atoms with Crippen LogP contribution >= 0.6 is 0 Å². The van der Waals surface area contributed by atoms with Crippen LogP contribution < -0.4 is 5.32 Å². The van der Waals surface area contributed by atoms with Crippen LogP contribution in [0.15, 0.2) is 30.3 Å². The molecule has 0 fully saturated rings. The fourth-order valence-electron chi connectivity index (χ4n) is 1.13. The minimum absolute atomic E-state index is 0.0637. The first-order valence-corrected chi connectivity index (χ1v) is 5.42. The molecule has 1 N–H and O–H groups in total. The Hall–Kier alpha value is -1.35. The van der Waals surface area contributed by atoms with Gasteiger partial charge in [-0.3, -0.25) is 4.79 Å². The van der Waals surface area contributed by atoms with Gasteiger partial charge in [0.2, 0.25) is 0 Å². The number of nitrogens with one attached hydrogen (secondary N) is 1. The molecular weight excluding hydrogens is 202 g/mol. The van der Waals surface area contributed by atoms with E-state index in [1.54, 1.807) is 0 Å². The molecule has 0 amide bonds. The highest BCUT2D eigenvalue weighted by Gasteiger charge is 2.11. The third-order valence-electron chi connectivity index (χ3n) is 2.01. The molecule has 0 bridgehead atoms. The van der Waals surface area contributed by atoms with Gasteiger partial charge in [0, 0.05) is 5.54 Å². The van der Waals surface area contributed by atoms with Crippen molar-refractivity contribution in [1.82, 2.24) is 5.32 Å². The van der Waals surface area contributed by atoms with Gasteiger partial charge in [-0.25, -0.2) is 0 Å². The minimum atomic E-state index is -0.223. The fraction of sp³-hybridized carbons (Fsp3) is 0.462. The first-order valence-electron chi connectivity index (χ1n) is 5.42. The monoisotopic (exact) mass is 221 g/mol. The van der Waals surface area contributed by atoms with Crippen LogP contribution in [0.2, 0.25) is 0 Å². The van der Waals surface area contributed by atoms with Gasteiger partial charge in [-0.05, 0) is 26.3 Å². The Labute approximate surface area is 96.8 Å². The smallest absolute Gasteiger partial charge is 0.320 e. The van der Waals surface area contributed by atoms with Crippen molar-refractivity contribution in [3.63, 3.8) is 0 Å². The van der Waals surface area contributed by atoms with Gasteiger partial charge >= 0.3 is 5.97 Å². The summed E-state index contributed by atoms with van der Waals surface area (Å²) in [6.07, 6.45) is 0. The lowest BCUT2D eigenvalue weighted by Gasteiger charge is -2.19. The van der Waals surface area contributed by atoms with Crippen molar-refractivity contribution < 1.29 is 9.53 Å². The Bertz CT molecular complexity index is 328. The summed E-state index contributed by atoms with van der Waals surface area (Å²) < 4.78 is 5.12. The number of benzene rings is 1. The highest BCUT2D eigenvalue weighted by molar-refractivity contribution is 5.71. The number of ether oxygens (including phenoxy) is 1. The number of carbonyl (C=O) groups excluding carboxylic acids is 1. The van der Waals surface area contributed by atoms with Gasteiger partial charge in [0.1, 0.15) is 6.61 Å². The predicted molar refractivity (Wildman–Crippen MR) is 64.0 cm³/mol. The number of hydrogen-bond acceptors (Lipinski definition) is 3. The third kappa shape index (κ3) is 5.51. The van der Waals surface area contributed by atoms with Crippen molar-refractivity contribution in [3.05, 3.63) is 35.9 Å². The Kier molecular flexibility index (Phi) is 4.50. The summed E-state index contributed by atoms with van der Waals surface area (Å²) in [5.74, 6) is -0.223. The highest BCUT2D eigenvalue weighted by Crippen LogP contribution is 2.01. The normalized spacial score (nSPS) is 11.2. The molecule has 0 spiro atoms. The molecule has 1 aromatic carbocycles. The molecule has 0 atom stereocenters. The van der Waals surface area contributed by atoms with Crippen molar-refractivity contribution in [1.29, 1.82) is 0 Å². The molecule has 0 saturated carbocycles. The summed E-state index contributed by atoms with van der Waals surface area (Å²) in [5.41, 5.74) is 0.942. The maximum Gasteiger partial charge on any atom is 0.320 e. The summed E-state index contributed by atoms with van der Waals surface area (Å²) >= 11 is 0. The van der Waals surface area contributed by atoms with Crippen LogP contribution in [0.5, 0.6) is 0 Å². The van der Waals surface area contributed by atoms with E-state index in [-0.39, 0.29) is 18.1 Å². The second-order valence-electron chi connectivity index (χ2n) is 4.75. The molecule has 0 aliphatic rings. The van der Waals surface area contributed by atoms with Crippen LogP contribution in [0.4, 0.5) is 0 Å².